The lowest BCUT2D eigenvalue weighted by Crippen LogP contribution is -2.31. The number of carbonyl (C=O) groups is 1. The molecule has 7 nitrogen and oxygen atoms in total. The molecule has 98 valence electrons. The standard InChI is InChI=1S/C11H17N5O2/c1-3-5-7-16-10(12-13-14-16)8-15(6-4-2)9-11(17)18/h2H,3,5-9H2,1H3,(H,17,18). The molecule has 1 N–H and O–H groups in total. The lowest BCUT2D eigenvalue weighted by atomic mass is 10.3. The first kappa shape index (κ1) is 14.1. The van der Waals surface area contributed by atoms with E-state index in [9.17, 15) is 4.79 Å². The molecule has 0 aliphatic rings. The van der Waals surface area contributed by atoms with Gasteiger partial charge in [0.2, 0.25) is 0 Å². The van der Waals surface area contributed by atoms with Crippen molar-refractivity contribution in [2.45, 2.75) is 32.9 Å². The normalized spacial score (nSPS) is 10.5. The molecule has 0 amide bonds. The summed E-state index contributed by atoms with van der Waals surface area (Å²) in [6.45, 7) is 3.29. The molecule has 0 bridgehead atoms. The summed E-state index contributed by atoms with van der Waals surface area (Å²) in [5.74, 6) is 2.15. The largest absolute Gasteiger partial charge is 0.480 e. The van der Waals surface area contributed by atoms with Crippen molar-refractivity contribution in [1.29, 1.82) is 0 Å². The zero-order valence-electron chi connectivity index (χ0n) is 10.4. The van der Waals surface area contributed by atoms with Crippen molar-refractivity contribution in [3.8, 4) is 12.3 Å². The third kappa shape index (κ3) is 4.51. The van der Waals surface area contributed by atoms with Crippen molar-refractivity contribution in [3.63, 3.8) is 0 Å². The van der Waals surface area contributed by atoms with Crippen LogP contribution in [0.5, 0.6) is 0 Å². The van der Waals surface area contributed by atoms with E-state index in [2.05, 4.69) is 28.4 Å². The third-order valence-corrected chi connectivity index (χ3v) is 2.37. The van der Waals surface area contributed by atoms with Crippen molar-refractivity contribution in [2.75, 3.05) is 13.1 Å². The van der Waals surface area contributed by atoms with Crippen LogP contribution in [0, 0.1) is 12.3 Å². The summed E-state index contributed by atoms with van der Waals surface area (Å²) < 4.78 is 1.69. The topological polar surface area (TPSA) is 84.1 Å². The summed E-state index contributed by atoms with van der Waals surface area (Å²) in [5, 5.41) is 20.2. The molecule has 1 heterocycles. The highest BCUT2D eigenvalue weighted by atomic mass is 16.4. The quantitative estimate of drug-likeness (QED) is 0.654. The van der Waals surface area contributed by atoms with E-state index in [1.807, 2.05) is 0 Å². The Morgan fingerprint density at radius 3 is 3.00 bits per heavy atom. The summed E-state index contributed by atoms with van der Waals surface area (Å²) in [5.41, 5.74) is 0. The predicted molar refractivity (Wildman–Crippen MR) is 64.5 cm³/mol. The second-order valence-electron chi connectivity index (χ2n) is 3.91. The van der Waals surface area contributed by atoms with E-state index >= 15 is 0 Å². The van der Waals surface area contributed by atoms with Crippen LogP contribution in [0.25, 0.3) is 0 Å². The second-order valence-corrected chi connectivity index (χ2v) is 3.91. The van der Waals surface area contributed by atoms with E-state index in [-0.39, 0.29) is 13.1 Å². The first-order valence-corrected chi connectivity index (χ1v) is 5.80. The number of hydrogen-bond acceptors (Lipinski definition) is 5. The van der Waals surface area contributed by atoms with Crippen LogP contribution in [-0.2, 0) is 17.9 Å². The molecular formula is C11H17N5O2. The van der Waals surface area contributed by atoms with E-state index in [0.29, 0.717) is 12.4 Å². The number of nitrogens with zero attached hydrogens (tertiary/aromatic N) is 5. The summed E-state index contributed by atoms with van der Waals surface area (Å²) >= 11 is 0. The molecule has 1 aromatic rings. The van der Waals surface area contributed by atoms with E-state index in [4.69, 9.17) is 11.5 Å². The van der Waals surface area contributed by atoms with Gasteiger partial charge in [0, 0.05) is 6.54 Å². The number of hydrogen-bond donors (Lipinski definition) is 1. The van der Waals surface area contributed by atoms with E-state index in [1.165, 1.54) is 0 Å². The van der Waals surface area contributed by atoms with Gasteiger partial charge in [-0.05, 0) is 16.8 Å². The van der Waals surface area contributed by atoms with Crippen molar-refractivity contribution in [2.24, 2.45) is 0 Å². The van der Waals surface area contributed by atoms with Crippen LogP contribution in [0.4, 0.5) is 0 Å². The van der Waals surface area contributed by atoms with Crippen LogP contribution in [-0.4, -0.2) is 49.3 Å². The zero-order chi connectivity index (χ0) is 13.4. The molecule has 0 radical (unpaired) electrons. The number of rotatable bonds is 8. The second kappa shape index (κ2) is 7.40. The van der Waals surface area contributed by atoms with Crippen molar-refractivity contribution in [1.82, 2.24) is 25.1 Å². The Kier molecular flexibility index (Phi) is 5.80. The monoisotopic (exact) mass is 251 g/mol. The number of carboxylic acid groups (broad SMARTS) is 1. The molecule has 0 aromatic carbocycles. The van der Waals surface area contributed by atoms with Crippen LogP contribution in [0.3, 0.4) is 0 Å². The minimum absolute atomic E-state index is 0.120. The molecule has 0 saturated carbocycles. The van der Waals surface area contributed by atoms with Gasteiger partial charge in [-0.3, -0.25) is 9.69 Å². The molecule has 0 saturated heterocycles. The minimum Gasteiger partial charge on any atom is -0.480 e. The van der Waals surface area contributed by atoms with Gasteiger partial charge in [-0.2, -0.15) is 0 Å². The van der Waals surface area contributed by atoms with E-state index < -0.39 is 5.97 Å². The fourth-order valence-corrected chi connectivity index (χ4v) is 1.51. The number of aromatic nitrogens is 4. The number of aliphatic carboxylic acids is 1. The Morgan fingerprint density at radius 2 is 2.39 bits per heavy atom. The lowest BCUT2D eigenvalue weighted by molar-refractivity contribution is -0.138. The highest BCUT2D eigenvalue weighted by molar-refractivity contribution is 5.69. The lowest BCUT2D eigenvalue weighted by Gasteiger charge is -2.16. The van der Waals surface area contributed by atoms with Crippen molar-refractivity contribution in [3.05, 3.63) is 5.82 Å². The van der Waals surface area contributed by atoms with Crippen LogP contribution in [0.15, 0.2) is 0 Å². The first-order valence-electron chi connectivity index (χ1n) is 5.80. The van der Waals surface area contributed by atoms with Gasteiger partial charge in [0.25, 0.3) is 0 Å². The maximum absolute atomic E-state index is 10.7. The fourth-order valence-electron chi connectivity index (χ4n) is 1.51. The summed E-state index contributed by atoms with van der Waals surface area (Å²) in [4.78, 5) is 12.3. The van der Waals surface area contributed by atoms with Gasteiger partial charge in [0.05, 0.1) is 19.6 Å². The summed E-state index contributed by atoms with van der Waals surface area (Å²) in [6, 6.07) is 0. The molecule has 7 heteroatoms. The fraction of sp³-hybridized carbons (Fsp3) is 0.636. The highest BCUT2D eigenvalue weighted by Crippen LogP contribution is 2.02. The van der Waals surface area contributed by atoms with Gasteiger partial charge in [-0.1, -0.05) is 19.3 Å². The SMILES string of the molecule is C#CCN(CC(=O)O)Cc1nnnn1CCCC. The molecule has 0 aliphatic carbocycles. The van der Waals surface area contributed by atoms with Crippen LogP contribution >= 0.6 is 0 Å². The highest BCUT2D eigenvalue weighted by Gasteiger charge is 2.13. The maximum atomic E-state index is 10.7. The van der Waals surface area contributed by atoms with Gasteiger partial charge in [0.15, 0.2) is 5.82 Å². The molecule has 1 aromatic heterocycles. The van der Waals surface area contributed by atoms with Crippen molar-refractivity contribution >= 4 is 5.97 Å². The molecule has 0 atom stereocenters. The molecule has 0 spiro atoms. The number of carboxylic acids is 1. The Morgan fingerprint density at radius 1 is 1.61 bits per heavy atom. The molecule has 18 heavy (non-hydrogen) atoms. The molecule has 0 unspecified atom stereocenters. The Bertz CT molecular complexity index is 423. The average molecular weight is 251 g/mol. The molecule has 0 fully saturated rings. The average Bonchev–Trinajstić information content (AvgIpc) is 2.73. The molecule has 1 rings (SSSR count). The maximum Gasteiger partial charge on any atom is 0.317 e. The Hall–Kier alpha value is -1.94. The Balaban J connectivity index is 2.65. The first-order chi connectivity index (χ1) is 8.67. The van der Waals surface area contributed by atoms with Crippen LogP contribution in [0.1, 0.15) is 25.6 Å². The summed E-state index contributed by atoms with van der Waals surface area (Å²) in [6.07, 6.45) is 7.23. The van der Waals surface area contributed by atoms with Gasteiger partial charge in [-0.15, -0.1) is 11.5 Å². The third-order valence-electron chi connectivity index (χ3n) is 2.37. The number of tetrazole rings is 1. The Labute approximate surface area is 106 Å². The van der Waals surface area contributed by atoms with Gasteiger partial charge >= 0.3 is 5.97 Å². The number of unbranched alkanes of at least 4 members (excludes halogenated alkanes) is 1. The van der Waals surface area contributed by atoms with Gasteiger partial charge < -0.3 is 5.11 Å². The van der Waals surface area contributed by atoms with Gasteiger partial charge in [0.1, 0.15) is 0 Å². The number of terminal acetylenes is 1. The van der Waals surface area contributed by atoms with Crippen LogP contribution in [0.2, 0.25) is 0 Å². The summed E-state index contributed by atoms with van der Waals surface area (Å²) in [7, 11) is 0. The zero-order valence-corrected chi connectivity index (χ0v) is 10.4. The van der Waals surface area contributed by atoms with Crippen molar-refractivity contribution < 1.29 is 9.90 Å². The number of aryl methyl sites for hydroxylation is 1. The van der Waals surface area contributed by atoms with E-state index in [0.717, 1.165) is 19.4 Å². The molecular weight excluding hydrogens is 234 g/mol. The predicted octanol–water partition coefficient (Wildman–Crippen LogP) is -0.00700. The molecule has 0 aliphatic heterocycles. The smallest absolute Gasteiger partial charge is 0.317 e. The van der Waals surface area contributed by atoms with E-state index in [1.54, 1.807) is 9.58 Å². The minimum atomic E-state index is -0.919. The van der Waals surface area contributed by atoms with Crippen LogP contribution < -0.4 is 0 Å². The van der Waals surface area contributed by atoms with Gasteiger partial charge in [-0.25, -0.2) is 4.68 Å².